The van der Waals surface area contributed by atoms with E-state index < -0.39 is 34.0 Å². The first kappa shape index (κ1) is 42.5. The summed E-state index contributed by atoms with van der Waals surface area (Å²) in [5, 5.41) is 17.0. The molecule has 3 N–H and O–H groups in total. The molecule has 2 fully saturated rings. The number of hydrogen-bond donors (Lipinski definition) is 3. The second kappa shape index (κ2) is 18.5. The van der Waals surface area contributed by atoms with Crippen LogP contribution in [0.5, 0.6) is 17.4 Å². The van der Waals surface area contributed by atoms with Gasteiger partial charge in [0.25, 0.3) is 5.91 Å². The standard InChI is InChI=1S/C36H36F3N5O5S.C2HF3O2/c37-36(38,39)33-14-15-34(42-41-33)49-30-11-8-27(9-12-30)28-16-18-44(19-17-28)35(45)29-10-13-32(48-20-4-7-26-22-40-23-26)31(21-29)43-50(46,47)24-25-5-2-1-3-6-25;3-2(4,5)1(6)7/h1-15,21,26,28,40,43H,16-20,22-24H2;(H,6,7)/b7-4+;. The summed E-state index contributed by atoms with van der Waals surface area (Å²) in [6.45, 7) is 3.08. The van der Waals surface area contributed by atoms with Gasteiger partial charge in [0.05, 0.1) is 11.4 Å². The maximum Gasteiger partial charge on any atom is 0.490 e. The van der Waals surface area contributed by atoms with E-state index in [2.05, 4.69) is 26.3 Å². The van der Waals surface area contributed by atoms with Crippen LogP contribution in [0.15, 0.2) is 97.1 Å². The zero-order valence-corrected chi connectivity index (χ0v) is 30.8. The third kappa shape index (κ3) is 12.7. The molecular formula is C38H37F6N5O7S. The van der Waals surface area contributed by atoms with Crippen molar-refractivity contribution in [2.75, 3.05) is 37.5 Å². The smallest absolute Gasteiger partial charge is 0.487 e. The summed E-state index contributed by atoms with van der Waals surface area (Å²) >= 11 is 0. The number of likely N-dealkylation sites (tertiary alicyclic amines) is 1. The number of halogens is 6. The number of anilines is 1. The van der Waals surface area contributed by atoms with E-state index >= 15 is 0 Å². The van der Waals surface area contributed by atoms with Crippen LogP contribution in [-0.2, 0) is 26.7 Å². The summed E-state index contributed by atoms with van der Waals surface area (Å²) < 4.78 is 110. The normalized spacial score (nSPS) is 15.3. The van der Waals surface area contributed by atoms with Crippen LogP contribution in [0.1, 0.15) is 45.9 Å². The molecule has 6 rings (SSSR count). The third-order valence-electron chi connectivity index (χ3n) is 8.78. The number of benzene rings is 3. The number of carbonyl (C=O) groups excluding carboxylic acids is 1. The largest absolute Gasteiger partial charge is 0.490 e. The zero-order chi connectivity index (χ0) is 41.2. The first-order valence-electron chi connectivity index (χ1n) is 17.4. The monoisotopic (exact) mass is 821 g/mol. The van der Waals surface area contributed by atoms with Crippen molar-refractivity contribution in [2.45, 2.75) is 36.9 Å². The Hall–Kier alpha value is -5.69. The number of hydrogen-bond acceptors (Lipinski definition) is 9. The Labute approximate surface area is 323 Å². The van der Waals surface area contributed by atoms with Gasteiger partial charge in [0.1, 0.15) is 18.1 Å². The highest BCUT2D eigenvalue weighted by molar-refractivity contribution is 7.91. The van der Waals surface area contributed by atoms with Gasteiger partial charge in [-0.15, -0.1) is 10.2 Å². The van der Waals surface area contributed by atoms with E-state index in [4.69, 9.17) is 19.4 Å². The molecule has 304 valence electrons. The van der Waals surface area contributed by atoms with Crippen molar-refractivity contribution < 1.29 is 58.9 Å². The minimum Gasteiger partial charge on any atom is -0.487 e. The maximum absolute atomic E-state index is 13.6. The van der Waals surface area contributed by atoms with Gasteiger partial charge in [-0.05, 0) is 66.3 Å². The van der Waals surface area contributed by atoms with Crippen LogP contribution in [0.2, 0.25) is 0 Å². The Bertz CT molecular complexity index is 2110. The number of amides is 1. The molecule has 12 nitrogen and oxygen atoms in total. The van der Waals surface area contributed by atoms with Crippen molar-refractivity contribution in [3.63, 3.8) is 0 Å². The summed E-state index contributed by atoms with van der Waals surface area (Å²) in [5.41, 5.74) is 1.12. The SMILES string of the molecule is O=C(O)C(F)(F)F.O=C(c1ccc(OC/C=C/C2CNC2)c(NS(=O)(=O)Cc2ccccc2)c1)N1CCC(c2ccc(Oc3ccc(C(F)(F)F)nn3)cc2)CC1. The van der Waals surface area contributed by atoms with Gasteiger partial charge >= 0.3 is 18.3 Å². The maximum atomic E-state index is 13.6. The van der Waals surface area contributed by atoms with E-state index in [0.29, 0.717) is 54.5 Å². The Morgan fingerprint density at radius 3 is 2.14 bits per heavy atom. The van der Waals surface area contributed by atoms with Gasteiger partial charge in [0.2, 0.25) is 15.9 Å². The van der Waals surface area contributed by atoms with E-state index in [1.165, 1.54) is 6.07 Å². The fraction of sp³-hybridized carbons (Fsp3) is 0.316. The predicted molar refractivity (Wildman–Crippen MR) is 195 cm³/mol. The van der Waals surface area contributed by atoms with Crippen LogP contribution in [0, 0.1) is 5.92 Å². The summed E-state index contributed by atoms with van der Waals surface area (Å²) in [7, 11) is -3.82. The van der Waals surface area contributed by atoms with E-state index in [0.717, 1.165) is 30.8 Å². The molecule has 2 saturated heterocycles. The fourth-order valence-electron chi connectivity index (χ4n) is 5.75. The molecule has 0 aliphatic carbocycles. The number of sulfonamides is 1. The number of alkyl halides is 6. The van der Waals surface area contributed by atoms with Crippen molar-refractivity contribution in [2.24, 2.45) is 5.92 Å². The number of carboxylic acid groups (broad SMARTS) is 1. The number of nitrogens with one attached hydrogen (secondary N) is 2. The first-order chi connectivity index (χ1) is 27.0. The van der Waals surface area contributed by atoms with Gasteiger partial charge in [-0.1, -0.05) is 54.6 Å². The number of ether oxygens (including phenoxy) is 2. The summed E-state index contributed by atoms with van der Waals surface area (Å²) in [4.78, 5) is 24.3. The summed E-state index contributed by atoms with van der Waals surface area (Å²) in [6, 6.07) is 22.8. The molecule has 0 saturated carbocycles. The molecule has 19 heteroatoms. The van der Waals surface area contributed by atoms with E-state index in [-0.39, 0.29) is 35.8 Å². The molecule has 1 amide bonds. The summed E-state index contributed by atoms with van der Waals surface area (Å²) in [6.07, 6.45) is -4.28. The van der Waals surface area contributed by atoms with Crippen molar-refractivity contribution >= 4 is 27.6 Å². The highest BCUT2D eigenvalue weighted by Gasteiger charge is 2.38. The van der Waals surface area contributed by atoms with E-state index in [1.54, 1.807) is 53.4 Å². The molecule has 0 bridgehead atoms. The Morgan fingerprint density at radius 2 is 1.58 bits per heavy atom. The number of carboxylic acids is 1. The van der Waals surface area contributed by atoms with Crippen LogP contribution >= 0.6 is 0 Å². The molecule has 0 atom stereocenters. The third-order valence-corrected chi connectivity index (χ3v) is 10.0. The summed E-state index contributed by atoms with van der Waals surface area (Å²) in [5.74, 6) is -1.89. The van der Waals surface area contributed by atoms with Gasteiger partial charge in [-0.3, -0.25) is 9.52 Å². The van der Waals surface area contributed by atoms with Gasteiger partial charge < -0.3 is 24.8 Å². The van der Waals surface area contributed by atoms with Crippen molar-refractivity contribution in [3.8, 4) is 17.4 Å². The van der Waals surface area contributed by atoms with Crippen LogP contribution in [0.3, 0.4) is 0 Å². The first-order valence-corrected chi connectivity index (χ1v) is 19.1. The fourth-order valence-corrected chi connectivity index (χ4v) is 6.95. The predicted octanol–water partition coefficient (Wildman–Crippen LogP) is 7.04. The van der Waals surface area contributed by atoms with Crippen LogP contribution in [0.25, 0.3) is 0 Å². The Kier molecular flexibility index (Phi) is 13.8. The minimum atomic E-state index is -5.08. The highest BCUT2D eigenvalue weighted by Crippen LogP contribution is 2.33. The molecule has 4 aromatic rings. The number of rotatable bonds is 12. The van der Waals surface area contributed by atoms with E-state index in [1.807, 2.05) is 24.3 Å². The number of nitrogens with zero attached hydrogens (tertiary/aromatic N) is 3. The quantitative estimate of drug-likeness (QED) is 0.100. The molecule has 0 unspecified atom stereocenters. The van der Waals surface area contributed by atoms with Gasteiger partial charge in [-0.25, -0.2) is 13.2 Å². The van der Waals surface area contributed by atoms with Gasteiger partial charge in [0, 0.05) is 43.7 Å². The van der Waals surface area contributed by atoms with Gasteiger partial charge in [0.15, 0.2) is 5.69 Å². The molecule has 2 aliphatic heterocycles. The second-order valence-electron chi connectivity index (χ2n) is 13.0. The molecule has 2 aliphatic rings. The highest BCUT2D eigenvalue weighted by atomic mass is 32.2. The number of aromatic nitrogens is 2. The Morgan fingerprint density at radius 1 is 0.912 bits per heavy atom. The minimum absolute atomic E-state index is 0.0529. The van der Waals surface area contributed by atoms with E-state index in [9.17, 15) is 39.6 Å². The molecule has 1 aromatic heterocycles. The van der Waals surface area contributed by atoms with Crippen LogP contribution in [-0.4, -0.2) is 79.5 Å². The number of carbonyl (C=O) groups is 2. The van der Waals surface area contributed by atoms with Gasteiger partial charge in [-0.2, -0.15) is 26.3 Å². The Balaban J connectivity index is 0.000000811. The van der Waals surface area contributed by atoms with Crippen molar-refractivity contribution in [1.29, 1.82) is 0 Å². The number of aliphatic carboxylic acids is 1. The molecule has 3 aromatic carbocycles. The molecule has 57 heavy (non-hydrogen) atoms. The lowest BCUT2D eigenvalue weighted by atomic mass is 9.89. The second-order valence-corrected chi connectivity index (χ2v) is 14.7. The number of piperidine rings is 1. The average Bonchev–Trinajstić information content (AvgIpc) is 3.14. The lowest BCUT2D eigenvalue weighted by molar-refractivity contribution is -0.192. The zero-order valence-electron chi connectivity index (χ0n) is 30.0. The molecule has 3 heterocycles. The van der Waals surface area contributed by atoms with Crippen LogP contribution in [0.4, 0.5) is 32.0 Å². The van der Waals surface area contributed by atoms with Crippen molar-refractivity contribution in [3.05, 3.63) is 119 Å². The van der Waals surface area contributed by atoms with Crippen LogP contribution < -0.4 is 19.5 Å². The lowest BCUT2D eigenvalue weighted by Crippen LogP contribution is -2.40. The molecule has 0 spiro atoms. The molecular weight excluding hydrogens is 785 g/mol. The lowest BCUT2D eigenvalue weighted by Gasteiger charge is -2.32. The topological polar surface area (TPSA) is 160 Å². The van der Waals surface area contributed by atoms with Crippen molar-refractivity contribution in [1.82, 2.24) is 20.4 Å². The molecule has 0 radical (unpaired) electrons. The average molecular weight is 822 g/mol.